The summed E-state index contributed by atoms with van der Waals surface area (Å²) in [6.45, 7) is 0.151. The normalized spacial score (nSPS) is 22.4. The van der Waals surface area contributed by atoms with Crippen molar-refractivity contribution in [1.82, 2.24) is 5.32 Å². The fraction of sp³-hybridized carbons (Fsp3) is 0.316. The van der Waals surface area contributed by atoms with Crippen molar-refractivity contribution in [3.63, 3.8) is 0 Å². The minimum Gasteiger partial charge on any atom is -0.469 e. The lowest BCUT2D eigenvalue weighted by Gasteiger charge is -2.31. The fourth-order valence-electron chi connectivity index (χ4n) is 2.78. The molecule has 1 aromatic rings. The van der Waals surface area contributed by atoms with Crippen LogP contribution in [-0.4, -0.2) is 31.5 Å². The molecule has 0 spiro atoms. The molecule has 1 amide bonds. The first-order valence-electron chi connectivity index (χ1n) is 7.99. The summed E-state index contributed by atoms with van der Waals surface area (Å²) in [6, 6.07) is 8.86. The van der Waals surface area contributed by atoms with E-state index in [2.05, 4.69) is 5.32 Å². The molecule has 6 nitrogen and oxygen atoms in total. The average Bonchev–Trinajstić information content (AvgIpc) is 2.65. The van der Waals surface area contributed by atoms with Gasteiger partial charge in [-0.05, 0) is 18.1 Å². The molecular formula is C19H21NO5. The van der Waals surface area contributed by atoms with Crippen molar-refractivity contribution < 1.29 is 23.9 Å². The molecule has 1 aromatic carbocycles. The molecule has 25 heavy (non-hydrogen) atoms. The van der Waals surface area contributed by atoms with E-state index in [4.69, 9.17) is 9.47 Å². The van der Waals surface area contributed by atoms with Crippen LogP contribution >= 0.6 is 0 Å². The molecule has 0 aromatic heterocycles. The van der Waals surface area contributed by atoms with Crippen LogP contribution in [0.4, 0.5) is 4.79 Å². The maximum atomic E-state index is 12.1. The minimum absolute atomic E-state index is 0.151. The van der Waals surface area contributed by atoms with Gasteiger partial charge in [0.1, 0.15) is 12.9 Å². The number of ether oxygens (including phenoxy) is 2. The summed E-state index contributed by atoms with van der Waals surface area (Å²) < 4.78 is 10.0. The van der Waals surface area contributed by atoms with Gasteiger partial charge in [0.05, 0.1) is 19.1 Å². The van der Waals surface area contributed by atoms with Crippen molar-refractivity contribution in [3.8, 4) is 0 Å². The highest BCUT2D eigenvalue weighted by molar-refractivity contribution is 5.75. The van der Waals surface area contributed by atoms with Gasteiger partial charge in [0.25, 0.3) is 0 Å². The van der Waals surface area contributed by atoms with Gasteiger partial charge < -0.3 is 14.8 Å². The summed E-state index contributed by atoms with van der Waals surface area (Å²) in [4.78, 5) is 34.7. The third-order valence-electron chi connectivity index (χ3n) is 4.03. The first-order valence-corrected chi connectivity index (χ1v) is 7.99. The van der Waals surface area contributed by atoms with E-state index in [0.717, 1.165) is 5.56 Å². The van der Waals surface area contributed by atoms with Gasteiger partial charge >= 0.3 is 12.1 Å². The molecule has 6 heteroatoms. The molecule has 0 bridgehead atoms. The summed E-state index contributed by atoms with van der Waals surface area (Å²) in [7, 11) is 1.32. The van der Waals surface area contributed by atoms with Gasteiger partial charge in [0.2, 0.25) is 0 Å². The maximum absolute atomic E-state index is 12.1. The molecule has 3 unspecified atom stereocenters. The third kappa shape index (κ3) is 5.31. The van der Waals surface area contributed by atoms with Gasteiger partial charge in [0, 0.05) is 5.92 Å². The van der Waals surface area contributed by atoms with Crippen LogP contribution < -0.4 is 5.32 Å². The minimum atomic E-state index is -0.589. The first-order chi connectivity index (χ1) is 12.2. The zero-order valence-electron chi connectivity index (χ0n) is 14.0. The van der Waals surface area contributed by atoms with Crippen molar-refractivity contribution in [1.29, 1.82) is 0 Å². The Hall–Kier alpha value is -2.89. The van der Waals surface area contributed by atoms with Crippen LogP contribution in [0.2, 0.25) is 0 Å². The quantitative estimate of drug-likeness (QED) is 0.371. The third-order valence-corrected chi connectivity index (χ3v) is 4.03. The molecule has 0 fully saturated rings. The number of allylic oxidation sites excluding steroid dienone is 2. The number of alkyl carbamates (subject to hydrolysis) is 1. The Morgan fingerprint density at radius 3 is 2.72 bits per heavy atom. The van der Waals surface area contributed by atoms with E-state index in [1.165, 1.54) is 13.2 Å². The van der Waals surface area contributed by atoms with Crippen molar-refractivity contribution in [3.05, 3.63) is 60.2 Å². The van der Waals surface area contributed by atoms with Crippen LogP contribution in [0.1, 0.15) is 12.0 Å². The second-order valence-corrected chi connectivity index (χ2v) is 5.62. The van der Waals surface area contributed by atoms with Gasteiger partial charge in [-0.25, -0.2) is 4.79 Å². The summed E-state index contributed by atoms with van der Waals surface area (Å²) >= 11 is 0. The lowest BCUT2D eigenvalue weighted by Crippen LogP contribution is -2.45. The molecule has 0 saturated carbocycles. The highest BCUT2D eigenvalue weighted by Gasteiger charge is 2.35. The summed E-state index contributed by atoms with van der Waals surface area (Å²) in [5, 5.41) is 2.73. The van der Waals surface area contributed by atoms with Gasteiger partial charge in [0.15, 0.2) is 0 Å². The Morgan fingerprint density at radius 2 is 2.04 bits per heavy atom. The smallest absolute Gasteiger partial charge is 0.407 e. The first kappa shape index (κ1) is 18.4. The van der Waals surface area contributed by atoms with Crippen LogP contribution in [0.25, 0.3) is 0 Å². The summed E-state index contributed by atoms with van der Waals surface area (Å²) in [6.07, 6.45) is 7.07. The molecule has 1 aliphatic carbocycles. The van der Waals surface area contributed by atoms with Crippen molar-refractivity contribution in [2.75, 3.05) is 7.11 Å². The number of rotatable bonds is 6. The molecular weight excluding hydrogens is 322 g/mol. The van der Waals surface area contributed by atoms with E-state index in [0.29, 0.717) is 12.7 Å². The van der Waals surface area contributed by atoms with Gasteiger partial charge in [-0.3, -0.25) is 9.59 Å². The average molecular weight is 343 g/mol. The molecule has 0 aliphatic heterocycles. The largest absolute Gasteiger partial charge is 0.469 e. The van der Waals surface area contributed by atoms with Crippen LogP contribution in [0.15, 0.2) is 54.6 Å². The summed E-state index contributed by atoms with van der Waals surface area (Å²) in [5.41, 5.74) is 0.877. The monoisotopic (exact) mass is 343 g/mol. The highest BCUT2D eigenvalue weighted by atomic mass is 16.5. The van der Waals surface area contributed by atoms with Crippen molar-refractivity contribution in [2.24, 2.45) is 11.8 Å². The van der Waals surface area contributed by atoms with E-state index < -0.39 is 18.1 Å². The maximum Gasteiger partial charge on any atom is 0.407 e. The molecule has 0 saturated heterocycles. The number of hydrogen-bond acceptors (Lipinski definition) is 5. The number of nitrogens with one attached hydrogen (secondary N) is 1. The topological polar surface area (TPSA) is 81.7 Å². The molecule has 2 rings (SSSR count). The molecule has 3 atom stereocenters. The van der Waals surface area contributed by atoms with Crippen LogP contribution in [-0.2, 0) is 25.7 Å². The number of benzene rings is 1. The number of carbonyl (C=O) groups is 3. The number of methoxy groups -OCH3 is 1. The molecule has 0 radical (unpaired) electrons. The Labute approximate surface area is 146 Å². The zero-order valence-corrected chi connectivity index (χ0v) is 14.0. The molecule has 1 aliphatic rings. The van der Waals surface area contributed by atoms with E-state index in [9.17, 15) is 14.4 Å². The predicted octanol–water partition coefficient (Wildman–Crippen LogP) is 2.40. The second-order valence-electron chi connectivity index (χ2n) is 5.62. The molecule has 1 N–H and O–H groups in total. The molecule has 132 valence electrons. The van der Waals surface area contributed by atoms with Crippen LogP contribution in [0, 0.1) is 11.8 Å². The van der Waals surface area contributed by atoms with E-state index >= 15 is 0 Å². The standard InChI is InChI=1S/C19H21NO5/c1-24-18(22)16-9-5-11-17(15(16)10-6-12-21)20-19(23)25-13-14-7-3-2-4-8-14/h2-8,10-12,15-17H,9,13H2,1H3,(H,20,23)/b10-6+. The number of amides is 1. The van der Waals surface area contributed by atoms with E-state index in [1.807, 2.05) is 36.4 Å². The Morgan fingerprint density at radius 1 is 1.28 bits per heavy atom. The zero-order chi connectivity index (χ0) is 18.1. The second kappa shape index (κ2) is 9.42. The predicted molar refractivity (Wildman–Crippen MR) is 91.5 cm³/mol. The van der Waals surface area contributed by atoms with Crippen LogP contribution in [0.3, 0.4) is 0 Å². The van der Waals surface area contributed by atoms with Gasteiger partial charge in [-0.15, -0.1) is 0 Å². The Bertz CT molecular complexity index is 653. The summed E-state index contributed by atoms with van der Waals surface area (Å²) in [5.74, 6) is -1.23. The van der Waals surface area contributed by atoms with Gasteiger partial charge in [-0.1, -0.05) is 48.6 Å². The lowest BCUT2D eigenvalue weighted by molar-refractivity contribution is -0.147. The van der Waals surface area contributed by atoms with Gasteiger partial charge in [-0.2, -0.15) is 0 Å². The number of carbonyl (C=O) groups excluding carboxylic acids is 3. The molecule has 0 heterocycles. The van der Waals surface area contributed by atoms with E-state index in [1.54, 1.807) is 12.2 Å². The fourth-order valence-corrected chi connectivity index (χ4v) is 2.78. The highest BCUT2D eigenvalue weighted by Crippen LogP contribution is 2.28. The number of aldehydes is 1. The Kier molecular flexibility index (Phi) is 6.95. The van der Waals surface area contributed by atoms with Crippen LogP contribution in [0.5, 0.6) is 0 Å². The Balaban J connectivity index is 2.01. The number of hydrogen-bond donors (Lipinski definition) is 1. The number of esters is 1. The SMILES string of the molecule is COC(=O)C1CC=CC(NC(=O)OCc2ccccc2)C1/C=C/C=O. The van der Waals surface area contributed by atoms with E-state index in [-0.39, 0.29) is 18.5 Å². The van der Waals surface area contributed by atoms with Crippen molar-refractivity contribution in [2.45, 2.75) is 19.1 Å². The lowest BCUT2D eigenvalue weighted by atomic mass is 9.79. The van der Waals surface area contributed by atoms with Crippen molar-refractivity contribution >= 4 is 18.3 Å².